The monoisotopic (exact) mass is 321 g/mol. The minimum atomic E-state index is -0.832. The van der Waals surface area contributed by atoms with Crippen molar-refractivity contribution < 1.29 is 18.7 Å². The van der Waals surface area contributed by atoms with E-state index in [1.165, 1.54) is 22.8 Å². The average molecular weight is 322 g/mol. The van der Waals surface area contributed by atoms with Crippen molar-refractivity contribution in [2.24, 2.45) is 0 Å². The number of hydrogen-bond acceptors (Lipinski definition) is 2. The number of fused-ring (bicyclic) bond motifs is 1. The molecule has 1 aromatic heterocycles. The molecular formula is C16H10ClF2NO2. The number of hydrogen-bond donors (Lipinski definition) is 1. The normalized spacial score (nSPS) is 11.1. The molecule has 0 unspecified atom stereocenters. The van der Waals surface area contributed by atoms with Crippen molar-refractivity contribution in [2.75, 3.05) is 0 Å². The number of phenolic OH excluding ortho intramolecular Hbond substituents is 1. The summed E-state index contributed by atoms with van der Waals surface area (Å²) in [4.78, 5) is 12.6. The van der Waals surface area contributed by atoms with E-state index in [1.807, 2.05) is 0 Å². The van der Waals surface area contributed by atoms with Crippen LogP contribution in [-0.2, 0) is 0 Å². The third kappa shape index (κ3) is 2.23. The van der Waals surface area contributed by atoms with Crippen molar-refractivity contribution >= 4 is 28.4 Å². The quantitative estimate of drug-likeness (QED) is 0.727. The molecule has 0 atom stereocenters. The second-order valence-electron chi connectivity index (χ2n) is 4.92. The molecule has 3 aromatic rings. The maximum Gasteiger partial charge on any atom is 0.262 e. The van der Waals surface area contributed by atoms with Gasteiger partial charge in [-0.1, -0.05) is 11.6 Å². The number of rotatable bonds is 1. The van der Waals surface area contributed by atoms with Gasteiger partial charge in [-0.15, -0.1) is 0 Å². The summed E-state index contributed by atoms with van der Waals surface area (Å²) in [5.41, 5.74) is 0.935. The van der Waals surface area contributed by atoms with Gasteiger partial charge in [0.1, 0.15) is 5.82 Å². The van der Waals surface area contributed by atoms with Crippen LogP contribution in [0, 0.1) is 18.6 Å². The fourth-order valence-corrected chi connectivity index (χ4v) is 2.50. The SMILES string of the molecule is Cc1cc2cc(O)c(F)cc2n1C(=O)c1ccc(Cl)c(F)c1. The molecule has 0 spiro atoms. The second kappa shape index (κ2) is 5.10. The summed E-state index contributed by atoms with van der Waals surface area (Å²) in [6.45, 7) is 1.67. The number of phenols is 1. The van der Waals surface area contributed by atoms with E-state index in [1.54, 1.807) is 13.0 Å². The Hall–Kier alpha value is -2.40. The number of aromatic hydroxyl groups is 1. The highest BCUT2D eigenvalue weighted by atomic mass is 35.5. The molecule has 0 saturated heterocycles. The lowest BCUT2D eigenvalue weighted by molar-refractivity contribution is 0.0962. The second-order valence-corrected chi connectivity index (χ2v) is 5.32. The van der Waals surface area contributed by atoms with Crippen molar-refractivity contribution in [3.63, 3.8) is 0 Å². The summed E-state index contributed by atoms with van der Waals surface area (Å²) >= 11 is 5.60. The van der Waals surface area contributed by atoms with E-state index in [4.69, 9.17) is 11.6 Å². The van der Waals surface area contributed by atoms with Crippen molar-refractivity contribution in [1.29, 1.82) is 0 Å². The molecular weight excluding hydrogens is 312 g/mol. The van der Waals surface area contributed by atoms with E-state index in [0.29, 0.717) is 16.6 Å². The summed E-state index contributed by atoms with van der Waals surface area (Å²) in [6.07, 6.45) is 0. The Kier molecular flexibility index (Phi) is 3.37. The van der Waals surface area contributed by atoms with Gasteiger partial charge in [0.15, 0.2) is 11.6 Å². The van der Waals surface area contributed by atoms with E-state index in [0.717, 1.165) is 12.1 Å². The molecule has 0 aliphatic heterocycles. The first-order valence-electron chi connectivity index (χ1n) is 6.39. The van der Waals surface area contributed by atoms with Gasteiger partial charge < -0.3 is 5.11 Å². The van der Waals surface area contributed by atoms with Crippen LogP contribution in [0.3, 0.4) is 0 Å². The highest BCUT2D eigenvalue weighted by Gasteiger charge is 2.17. The van der Waals surface area contributed by atoms with E-state index in [-0.39, 0.29) is 10.6 Å². The van der Waals surface area contributed by atoms with Gasteiger partial charge in [-0.25, -0.2) is 8.78 Å². The molecule has 0 bridgehead atoms. The number of carbonyl (C=O) groups is 1. The lowest BCUT2D eigenvalue weighted by Gasteiger charge is -2.08. The minimum absolute atomic E-state index is 0.0818. The van der Waals surface area contributed by atoms with Gasteiger partial charge in [-0.3, -0.25) is 9.36 Å². The van der Waals surface area contributed by atoms with Crippen LogP contribution in [0.25, 0.3) is 10.9 Å². The topological polar surface area (TPSA) is 42.2 Å². The third-order valence-electron chi connectivity index (χ3n) is 3.42. The van der Waals surface area contributed by atoms with E-state index in [9.17, 15) is 18.7 Å². The molecule has 3 nitrogen and oxygen atoms in total. The molecule has 0 amide bonds. The molecule has 22 heavy (non-hydrogen) atoms. The van der Waals surface area contributed by atoms with Crippen molar-refractivity contribution in [2.45, 2.75) is 6.92 Å². The zero-order valence-electron chi connectivity index (χ0n) is 11.4. The molecule has 112 valence electrons. The Bertz CT molecular complexity index is 918. The summed E-state index contributed by atoms with van der Waals surface area (Å²) in [5.74, 6) is -2.53. The number of carbonyl (C=O) groups excluding carboxylic acids is 1. The van der Waals surface area contributed by atoms with Crippen LogP contribution in [0.2, 0.25) is 5.02 Å². The largest absolute Gasteiger partial charge is 0.505 e. The summed E-state index contributed by atoms with van der Waals surface area (Å²) in [6, 6.07) is 7.67. The molecule has 3 rings (SSSR count). The first-order valence-corrected chi connectivity index (χ1v) is 6.76. The predicted molar refractivity (Wildman–Crippen MR) is 79.4 cm³/mol. The Morgan fingerprint density at radius 1 is 1.14 bits per heavy atom. The van der Waals surface area contributed by atoms with Crippen LogP contribution in [-0.4, -0.2) is 15.6 Å². The van der Waals surface area contributed by atoms with Gasteiger partial charge in [-0.05, 0) is 37.3 Å². The fraction of sp³-hybridized carbons (Fsp3) is 0.0625. The molecule has 6 heteroatoms. The maximum atomic E-state index is 13.6. The van der Waals surface area contributed by atoms with Crippen molar-refractivity contribution in [3.8, 4) is 5.75 Å². The van der Waals surface area contributed by atoms with Crippen LogP contribution >= 0.6 is 11.6 Å². The molecule has 2 aromatic carbocycles. The molecule has 0 radical (unpaired) electrons. The number of aryl methyl sites for hydroxylation is 1. The van der Waals surface area contributed by atoms with Crippen molar-refractivity contribution in [1.82, 2.24) is 4.57 Å². The predicted octanol–water partition coefficient (Wildman–Crippen LogP) is 4.28. The number of benzene rings is 2. The molecule has 0 aliphatic carbocycles. The molecule has 0 aliphatic rings. The zero-order chi connectivity index (χ0) is 16.0. The Morgan fingerprint density at radius 2 is 1.86 bits per heavy atom. The van der Waals surface area contributed by atoms with Crippen LogP contribution in [0.1, 0.15) is 16.1 Å². The molecule has 1 heterocycles. The zero-order valence-corrected chi connectivity index (χ0v) is 12.2. The highest BCUT2D eigenvalue weighted by Crippen LogP contribution is 2.27. The summed E-state index contributed by atoms with van der Waals surface area (Å²) in [5, 5.41) is 9.84. The summed E-state index contributed by atoms with van der Waals surface area (Å²) in [7, 11) is 0. The lowest BCUT2D eigenvalue weighted by atomic mass is 10.2. The van der Waals surface area contributed by atoms with E-state index < -0.39 is 23.3 Å². The smallest absolute Gasteiger partial charge is 0.262 e. The maximum absolute atomic E-state index is 13.6. The average Bonchev–Trinajstić information content (AvgIpc) is 2.77. The minimum Gasteiger partial charge on any atom is -0.505 e. The van der Waals surface area contributed by atoms with Crippen molar-refractivity contribution in [3.05, 3.63) is 64.3 Å². The molecule has 0 saturated carbocycles. The molecule has 0 fully saturated rings. The standard InChI is InChI=1S/C16H10ClF2NO2/c1-8-4-10-6-15(21)13(19)7-14(10)20(8)16(22)9-2-3-11(17)12(18)5-9/h2-7,21H,1H3. The third-order valence-corrected chi connectivity index (χ3v) is 3.73. The number of halogens is 3. The number of aromatic nitrogens is 1. The lowest BCUT2D eigenvalue weighted by Crippen LogP contribution is -2.13. The van der Waals surface area contributed by atoms with Crippen LogP contribution in [0.5, 0.6) is 5.75 Å². The van der Waals surface area contributed by atoms with Gasteiger partial charge in [0, 0.05) is 22.7 Å². The van der Waals surface area contributed by atoms with Crippen LogP contribution in [0.15, 0.2) is 36.4 Å². The van der Waals surface area contributed by atoms with Gasteiger partial charge in [-0.2, -0.15) is 0 Å². The van der Waals surface area contributed by atoms with Gasteiger partial charge in [0.2, 0.25) is 0 Å². The Balaban J connectivity index is 2.20. The van der Waals surface area contributed by atoms with Crippen LogP contribution < -0.4 is 0 Å². The Morgan fingerprint density at radius 3 is 2.55 bits per heavy atom. The van der Waals surface area contributed by atoms with E-state index in [2.05, 4.69) is 0 Å². The van der Waals surface area contributed by atoms with E-state index >= 15 is 0 Å². The van der Waals surface area contributed by atoms with Gasteiger partial charge >= 0.3 is 0 Å². The summed E-state index contributed by atoms with van der Waals surface area (Å²) < 4.78 is 28.4. The highest BCUT2D eigenvalue weighted by molar-refractivity contribution is 6.30. The number of nitrogens with zero attached hydrogens (tertiary/aromatic N) is 1. The van der Waals surface area contributed by atoms with Gasteiger partial charge in [0.05, 0.1) is 10.5 Å². The van der Waals surface area contributed by atoms with Gasteiger partial charge in [0.25, 0.3) is 5.91 Å². The first-order chi connectivity index (χ1) is 10.4. The van der Waals surface area contributed by atoms with Crippen LogP contribution in [0.4, 0.5) is 8.78 Å². The first kappa shape index (κ1) is 14.5. The fourth-order valence-electron chi connectivity index (χ4n) is 2.38. The Labute approximate surface area is 129 Å². The molecule has 1 N–H and O–H groups in total.